The summed E-state index contributed by atoms with van der Waals surface area (Å²) in [6, 6.07) is 14.9. The summed E-state index contributed by atoms with van der Waals surface area (Å²) in [7, 11) is -3.74. The van der Waals surface area contributed by atoms with Crippen LogP contribution in [0.5, 0.6) is 0 Å². The first-order valence-electron chi connectivity index (χ1n) is 9.02. The van der Waals surface area contributed by atoms with Crippen LogP contribution in [0.3, 0.4) is 0 Å². The number of sulfonamides is 1. The molecule has 1 fully saturated rings. The number of carbonyl (C=O) groups excluding carboxylic acids is 1. The summed E-state index contributed by atoms with van der Waals surface area (Å²) >= 11 is 0. The minimum atomic E-state index is -3.74. The molecule has 2 aliphatic rings. The standard InChI is InChI=1S/C20H18N4O3S/c21-13-14-6-5-7-15(12-14)22-20(25)17-9-3-4-11-24(17)19-16-8-1-2-10-18(16)28(26,27)23-19/h1-2,5-8,10,12,17H,3-4,9,11H2,(H,22,25)/t17-/m0/s1. The number of carbonyl (C=O) groups is 1. The predicted molar refractivity (Wildman–Crippen MR) is 104 cm³/mol. The molecule has 0 aromatic heterocycles. The van der Waals surface area contributed by atoms with E-state index in [4.69, 9.17) is 5.26 Å². The third kappa shape index (κ3) is 3.25. The van der Waals surface area contributed by atoms with Gasteiger partial charge in [-0.25, -0.2) is 0 Å². The number of rotatable bonds is 2. The molecule has 0 radical (unpaired) electrons. The molecule has 2 aliphatic heterocycles. The Kier molecular flexibility index (Phi) is 4.61. The van der Waals surface area contributed by atoms with E-state index in [0.717, 1.165) is 12.8 Å². The number of nitrogens with zero attached hydrogens (tertiary/aromatic N) is 3. The lowest BCUT2D eigenvalue weighted by Crippen LogP contribution is -2.50. The molecule has 8 heteroatoms. The van der Waals surface area contributed by atoms with Gasteiger partial charge in [0.15, 0.2) is 5.84 Å². The first-order valence-corrected chi connectivity index (χ1v) is 10.5. The highest BCUT2D eigenvalue weighted by Crippen LogP contribution is 2.31. The minimum Gasteiger partial charge on any atom is -0.343 e. The third-order valence-electron chi connectivity index (χ3n) is 4.95. The molecule has 0 bridgehead atoms. The lowest BCUT2D eigenvalue weighted by molar-refractivity contribution is -0.120. The van der Waals surface area contributed by atoms with Crippen LogP contribution in [0.15, 0.2) is 57.8 Å². The van der Waals surface area contributed by atoms with Crippen LogP contribution in [0.25, 0.3) is 0 Å². The summed E-state index contributed by atoms with van der Waals surface area (Å²) in [5.74, 6) is 0.0977. The normalized spacial score (nSPS) is 20.0. The average Bonchev–Trinajstić information content (AvgIpc) is 2.99. The number of hydrogen-bond donors (Lipinski definition) is 1. The van der Waals surface area contributed by atoms with E-state index >= 15 is 0 Å². The van der Waals surface area contributed by atoms with Gasteiger partial charge in [0.25, 0.3) is 10.0 Å². The van der Waals surface area contributed by atoms with Crippen molar-refractivity contribution in [3.8, 4) is 6.07 Å². The highest BCUT2D eigenvalue weighted by molar-refractivity contribution is 7.90. The number of amidine groups is 1. The number of fused-ring (bicyclic) bond motifs is 1. The van der Waals surface area contributed by atoms with Crippen molar-refractivity contribution in [1.29, 1.82) is 5.26 Å². The van der Waals surface area contributed by atoms with Crippen LogP contribution in [0.4, 0.5) is 5.69 Å². The SMILES string of the molecule is N#Cc1cccc(NC(=O)[C@@H]2CCCCN2C2=NS(=O)(=O)c3ccccc32)c1. The van der Waals surface area contributed by atoms with Gasteiger partial charge in [-0.2, -0.15) is 13.7 Å². The van der Waals surface area contributed by atoms with Crippen molar-refractivity contribution in [3.63, 3.8) is 0 Å². The first kappa shape index (κ1) is 18.2. The minimum absolute atomic E-state index is 0.177. The van der Waals surface area contributed by atoms with Gasteiger partial charge in [-0.1, -0.05) is 18.2 Å². The van der Waals surface area contributed by atoms with Gasteiger partial charge in [0.2, 0.25) is 5.91 Å². The van der Waals surface area contributed by atoms with Crippen LogP contribution in [0.1, 0.15) is 30.4 Å². The molecule has 1 atom stereocenters. The average molecular weight is 394 g/mol. The van der Waals surface area contributed by atoms with Gasteiger partial charge in [-0.05, 0) is 49.6 Å². The van der Waals surface area contributed by atoms with Crippen LogP contribution >= 0.6 is 0 Å². The van der Waals surface area contributed by atoms with Gasteiger partial charge in [0, 0.05) is 17.8 Å². The van der Waals surface area contributed by atoms with Gasteiger partial charge in [-0.3, -0.25) is 4.79 Å². The number of benzene rings is 2. The first-order chi connectivity index (χ1) is 13.5. The fourth-order valence-electron chi connectivity index (χ4n) is 3.65. The molecular formula is C20H18N4O3S. The molecule has 1 saturated heterocycles. The molecular weight excluding hydrogens is 376 g/mol. The Hall–Kier alpha value is -3.18. The monoisotopic (exact) mass is 394 g/mol. The Labute approximate surface area is 163 Å². The van der Waals surface area contributed by atoms with Gasteiger partial charge >= 0.3 is 0 Å². The number of hydrogen-bond acceptors (Lipinski definition) is 5. The van der Waals surface area contributed by atoms with Gasteiger partial charge in [0.05, 0.1) is 11.6 Å². The second-order valence-electron chi connectivity index (χ2n) is 6.77. The number of nitriles is 1. The molecule has 1 amide bonds. The van der Waals surface area contributed by atoms with Crippen LogP contribution in [0, 0.1) is 11.3 Å². The summed E-state index contributed by atoms with van der Waals surface area (Å²) in [6.07, 6.45) is 2.33. The molecule has 4 rings (SSSR count). The maximum Gasteiger partial charge on any atom is 0.285 e. The number of anilines is 1. The van der Waals surface area contributed by atoms with E-state index in [-0.39, 0.29) is 10.8 Å². The summed E-state index contributed by atoms with van der Waals surface area (Å²) in [5.41, 5.74) is 1.53. The molecule has 7 nitrogen and oxygen atoms in total. The number of amides is 1. The highest BCUT2D eigenvalue weighted by atomic mass is 32.2. The van der Waals surface area contributed by atoms with Gasteiger partial charge in [-0.15, -0.1) is 4.40 Å². The fourth-order valence-corrected chi connectivity index (χ4v) is 4.86. The number of piperidine rings is 1. The molecule has 1 N–H and O–H groups in total. The number of likely N-dealkylation sites (tertiary alicyclic amines) is 1. The Morgan fingerprint density at radius 3 is 2.82 bits per heavy atom. The number of nitrogens with one attached hydrogen (secondary N) is 1. The van der Waals surface area contributed by atoms with E-state index in [0.29, 0.717) is 35.6 Å². The third-order valence-corrected chi connectivity index (χ3v) is 6.27. The largest absolute Gasteiger partial charge is 0.343 e. The zero-order chi connectivity index (χ0) is 19.7. The Morgan fingerprint density at radius 2 is 2.00 bits per heavy atom. The van der Waals surface area contributed by atoms with E-state index in [1.54, 1.807) is 47.4 Å². The molecule has 2 heterocycles. The molecule has 0 saturated carbocycles. The van der Waals surface area contributed by atoms with E-state index in [1.807, 2.05) is 6.07 Å². The van der Waals surface area contributed by atoms with Gasteiger partial charge in [0.1, 0.15) is 10.9 Å². The zero-order valence-corrected chi connectivity index (χ0v) is 15.8. The molecule has 142 valence electrons. The van der Waals surface area contributed by atoms with Crippen molar-refractivity contribution in [1.82, 2.24) is 4.90 Å². The lowest BCUT2D eigenvalue weighted by Gasteiger charge is -2.36. The second kappa shape index (κ2) is 7.09. The van der Waals surface area contributed by atoms with Crippen molar-refractivity contribution >= 4 is 27.5 Å². The molecule has 0 unspecified atom stereocenters. The van der Waals surface area contributed by atoms with E-state index in [9.17, 15) is 13.2 Å². The fraction of sp³-hybridized carbons (Fsp3) is 0.250. The summed E-state index contributed by atoms with van der Waals surface area (Å²) in [6.45, 7) is 0.555. The van der Waals surface area contributed by atoms with Crippen LogP contribution in [-0.4, -0.2) is 37.6 Å². The quantitative estimate of drug-likeness (QED) is 0.843. The summed E-state index contributed by atoms with van der Waals surface area (Å²) in [4.78, 5) is 14.9. The highest BCUT2D eigenvalue weighted by Gasteiger charge is 2.37. The van der Waals surface area contributed by atoms with E-state index in [2.05, 4.69) is 9.71 Å². The molecule has 28 heavy (non-hydrogen) atoms. The predicted octanol–water partition coefficient (Wildman–Crippen LogP) is 2.50. The smallest absolute Gasteiger partial charge is 0.285 e. The van der Waals surface area contributed by atoms with Crippen molar-refractivity contribution in [3.05, 3.63) is 59.7 Å². The van der Waals surface area contributed by atoms with Crippen molar-refractivity contribution in [2.75, 3.05) is 11.9 Å². The molecule has 2 aromatic carbocycles. The maximum atomic E-state index is 13.0. The van der Waals surface area contributed by atoms with E-state index in [1.165, 1.54) is 6.07 Å². The van der Waals surface area contributed by atoms with Crippen LogP contribution < -0.4 is 5.32 Å². The topological polar surface area (TPSA) is 103 Å². The van der Waals surface area contributed by atoms with Crippen molar-refractivity contribution in [2.45, 2.75) is 30.2 Å². The van der Waals surface area contributed by atoms with Crippen LogP contribution in [-0.2, 0) is 14.8 Å². The van der Waals surface area contributed by atoms with E-state index < -0.39 is 16.1 Å². The summed E-state index contributed by atoms with van der Waals surface area (Å²) in [5, 5.41) is 11.9. The maximum absolute atomic E-state index is 13.0. The molecule has 0 aliphatic carbocycles. The van der Waals surface area contributed by atoms with Gasteiger partial charge < -0.3 is 10.2 Å². The Morgan fingerprint density at radius 1 is 1.18 bits per heavy atom. The van der Waals surface area contributed by atoms with Crippen molar-refractivity contribution in [2.24, 2.45) is 4.40 Å². The Balaban J connectivity index is 1.64. The Bertz CT molecular complexity index is 1120. The lowest BCUT2D eigenvalue weighted by atomic mass is 9.99. The van der Waals surface area contributed by atoms with Crippen LogP contribution in [0.2, 0.25) is 0 Å². The second-order valence-corrected chi connectivity index (χ2v) is 8.35. The molecule has 2 aromatic rings. The van der Waals surface area contributed by atoms with Crippen molar-refractivity contribution < 1.29 is 13.2 Å². The summed E-state index contributed by atoms with van der Waals surface area (Å²) < 4.78 is 28.8. The molecule has 0 spiro atoms. The zero-order valence-electron chi connectivity index (χ0n) is 15.0.